The van der Waals surface area contributed by atoms with Gasteiger partial charge in [0.2, 0.25) is 0 Å². The molecule has 1 aliphatic heterocycles. The molecule has 104 valence electrons. The number of amides is 1. The van der Waals surface area contributed by atoms with Gasteiger partial charge in [0, 0.05) is 18.6 Å². The van der Waals surface area contributed by atoms with Crippen LogP contribution >= 0.6 is 0 Å². The molecule has 1 aromatic heterocycles. The molecular formula is C14H22N4O. The average molecular weight is 262 g/mol. The first kappa shape index (κ1) is 13.8. The van der Waals surface area contributed by atoms with Gasteiger partial charge >= 0.3 is 0 Å². The minimum absolute atomic E-state index is 0.00508. The lowest BCUT2D eigenvalue weighted by molar-refractivity contribution is 0.0717. The molecular weight excluding hydrogens is 240 g/mol. The zero-order chi connectivity index (χ0) is 13.9. The molecule has 1 aromatic rings. The topological polar surface area (TPSA) is 58.1 Å². The third kappa shape index (κ3) is 3.91. The predicted octanol–water partition coefficient (Wildman–Crippen LogP) is 2.31. The van der Waals surface area contributed by atoms with Gasteiger partial charge in [-0.1, -0.05) is 0 Å². The van der Waals surface area contributed by atoms with Crippen molar-refractivity contribution in [1.82, 2.24) is 15.1 Å². The third-order valence-corrected chi connectivity index (χ3v) is 3.03. The fraction of sp³-hybridized carbons (Fsp3) is 0.643. The molecule has 0 saturated carbocycles. The first-order valence-corrected chi connectivity index (χ1v) is 6.87. The molecule has 1 fully saturated rings. The lowest BCUT2D eigenvalue weighted by atomic mass is 10.1. The van der Waals surface area contributed by atoms with E-state index < -0.39 is 0 Å². The Morgan fingerprint density at radius 2 is 1.84 bits per heavy atom. The standard InChI is InChI=1S/C14H22N4O/c1-14(2,3)15-12-8-7-11(16-17-12)13(19)18-9-5-4-6-10-18/h7-8H,4-6,9-10H2,1-3H3,(H,15,17). The summed E-state index contributed by atoms with van der Waals surface area (Å²) in [7, 11) is 0. The van der Waals surface area contributed by atoms with E-state index in [1.54, 1.807) is 6.07 Å². The van der Waals surface area contributed by atoms with E-state index in [1.807, 2.05) is 11.0 Å². The van der Waals surface area contributed by atoms with Gasteiger partial charge in [0.25, 0.3) is 5.91 Å². The zero-order valence-corrected chi connectivity index (χ0v) is 11.9. The lowest BCUT2D eigenvalue weighted by Crippen LogP contribution is -2.36. The smallest absolute Gasteiger partial charge is 0.274 e. The van der Waals surface area contributed by atoms with E-state index in [-0.39, 0.29) is 11.4 Å². The Morgan fingerprint density at radius 1 is 1.16 bits per heavy atom. The maximum absolute atomic E-state index is 12.2. The van der Waals surface area contributed by atoms with Crippen LogP contribution in [0, 0.1) is 0 Å². The molecule has 1 amide bonds. The van der Waals surface area contributed by atoms with Crippen LogP contribution in [0.15, 0.2) is 12.1 Å². The lowest BCUT2D eigenvalue weighted by Gasteiger charge is -2.26. The number of carbonyl (C=O) groups excluding carboxylic acids is 1. The summed E-state index contributed by atoms with van der Waals surface area (Å²) in [6.45, 7) is 7.84. The van der Waals surface area contributed by atoms with Gasteiger partial charge in [0.1, 0.15) is 5.82 Å². The summed E-state index contributed by atoms with van der Waals surface area (Å²) < 4.78 is 0. The van der Waals surface area contributed by atoms with Crippen molar-refractivity contribution in [3.63, 3.8) is 0 Å². The van der Waals surface area contributed by atoms with Crippen molar-refractivity contribution in [3.05, 3.63) is 17.8 Å². The van der Waals surface area contributed by atoms with E-state index in [0.717, 1.165) is 25.9 Å². The second-order valence-electron chi connectivity index (χ2n) is 6.03. The van der Waals surface area contributed by atoms with Gasteiger partial charge < -0.3 is 10.2 Å². The SMILES string of the molecule is CC(C)(C)Nc1ccc(C(=O)N2CCCCC2)nn1. The number of hydrogen-bond donors (Lipinski definition) is 1. The highest BCUT2D eigenvalue weighted by Crippen LogP contribution is 2.14. The summed E-state index contributed by atoms with van der Waals surface area (Å²) in [6.07, 6.45) is 3.38. The van der Waals surface area contributed by atoms with Crippen LogP contribution in [-0.4, -0.2) is 39.6 Å². The summed E-state index contributed by atoms with van der Waals surface area (Å²) in [5.74, 6) is 0.692. The van der Waals surface area contributed by atoms with Crippen molar-refractivity contribution >= 4 is 11.7 Å². The van der Waals surface area contributed by atoms with Crippen LogP contribution in [0.25, 0.3) is 0 Å². The first-order chi connectivity index (χ1) is 8.96. The van der Waals surface area contributed by atoms with E-state index in [9.17, 15) is 4.79 Å². The van der Waals surface area contributed by atoms with Crippen LogP contribution in [0.5, 0.6) is 0 Å². The van der Waals surface area contributed by atoms with Crippen LogP contribution < -0.4 is 5.32 Å². The highest BCUT2D eigenvalue weighted by molar-refractivity contribution is 5.92. The van der Waals surface area contributed by atoms with Crippen molar-refractivity contribution in [2.75, 3.05) is 18.4 Å². The number of carbonyl (C=O) groups is 1. The zero-order valence-electron chi connectivity index (χ0n) is 11.9. The van der Waals surface area contributed by atoms with Crippen LogP contribution in [0.3, 0.4) is 0 Å². The molecule has 0 unspecified atom stereocenters. The van der Waals surface area contributed by atoms with Gasteiger partial charge in [0.15, 0.2) is 5.69 Å². The van der Waals surface area contributed by atoms with E-state index in [2.05, 4.69) is 36.3 Å². The van der Waals surface area contributed by atoms with Crippen LogP contribution in [-0.2, 0) is 0 Å². The molecule has 0 radical (unpaired) electrons. The Kier molecular flexibility index (Phi) is 4.02. The predicted molar refractivity (Wildman–Crippen MR) is 75.2 cm³/mol. The van der Waals surface area contributed by atoms with E-state index in [1.165, 1.54) is 6.42 Å². The Morgan fingerprint density at radius 3 is 2.37 bits per heavy atom. The summed E-state index contributed by atoms with van der Waals surface area (Å²) in [6, 6.07) is 3.56. The van der Waals surface area contributed by atoms with Gasteiger partial charge in [-0.2, -0.15) is 0 Å². The number of hydrogen-bond acceptors (Lipinski definition) is 4. The number of anilines is 1. The molecule has 0 spiro atoms. The molecule has 0 atom stereocenters. The summed E-state index contributed by atoms with van der Waals surface area (Å²) in [4.78, 5) is 14.1. The maximum atomic E-state index is 12.2. The van der Waals surface area contributed by atoms with Crippen LogP contribution in [0.1, 0.15) is 50.5 Å². The minimum atomic E-state index is -0.0624. The molecule has 2 rings (SSSR count). The summed E-state index contributed by atoms with van der Waals surface area (Å²) in [5, 5.41) is 11.3. The van der Waals surface area contributed by atoms with E-state index in [0.29, 0.717) is 11.5 Å². The molecule has 0 aromatic carbocycles. The van der Waals surface area contributed by atoms with Crippen molar-refractivity contribution in [1.29, 1.82) is 0 Å². The highest BCUT2D eigenvalue weighted by atomic mass is 16.2. The van der Waals surface area contributed by atoms with Gasteiger partial charge in [-0.15, -0.1) is 10.2 Å². The quantitative estimate of drug-likeness (QED) is 0.888. The second-order valence-corrected chi connectivity index (χ2v) is 6.03. The van der Waals surface area contributed by atoms with Gasteiger partial charge in [0.05, 0.1) is 0 Å². The maximum Gasteiger partial charge on any atom is 0.274 e. The fourth-order valence-corrected chi connectivity index (χ4v) is 2.16. The molecule has 19 heavy (non-hydrogen) atoms. The third-order valence-electron chi connectivity index (χ3n) is 3.03. The van der Waals surface area contributed by atoms with Crippen molar-refractivity contribution in [2.45, 2.75) is 45.6 Å². The van der Waals surface area contributed by atoms with E-state index in [4.69, 9.17) is 0 Å². The van der Waals surface area contributed by atoms with Gasteiger partial charge in [-0.3, -0.25) is 4.79 Å². The summed E-state index contributed by atoms with van der Waals surface area (Å²) in [5.41, 5.74) is 0.369. The number of likely N-dealkylation sites (tertiary alicyclic amines) is 1. The highest BCUT2D eigenvalue weighted by Gasteiger charge is 2.20. The number of nitrogens with one attached hydrogen (secondary N) is 1. The Labute approximate surface area is 114 Å². The normalized spacial score (nSPS) is 16.3. The van der Waals surface area contributed by atoms with Crippen molar-refractivity contribution < 1.29 is 4.79 Å². The van der Waals surface area contributed by atoms with Crippen molar-refractivity contribution in [3.8, 4) is 0 Å². The average Bonchev–Trinajstić information content (AvgIpc) is 2.38. The molecule has 2 heterocycles. The monoisotopic (exact) mass is 262 g/mol. The van der Waals surface area contributed by atoms with Crippen LogP contribution in [0.2, 0.25) is 0 Å². The summed E-state index contributed by atoms with van der Waals surface area (Å²) >= 11 is 0. The Bertz CT molecular complexity index is 430. The Hall–Kier alpha value is -1.65. The number of nitrogens with zero attached hydrogens (tertiary/aromatic N) is 3. The molecule has 0 bridgehead atoms. The molecule has 5 heteroatoms. The molecule has 1 saturated heterocycles. The second kappa shape index (κ2) is 5.55. The van der Waals surface area contributed by atoms with E-state index >= 15 is 0 Å². The molecule has 0 aliphatic carbocycles. The molecule has 1 aliphatic rings. The Balaban J connectivity index is 2.03. The fourth-order valence-electron chi connectivity index (χ4n) is 2.16. The number of rotatable bonds is 2. The van der Waals surface area contributed by atoms with Crippen LogP contribution in [0.4, 0.5) is 5.82 Å². The molecule has 5 nitrogen and oxygen atoms in total. The first-order valence-electron chi connectivity index (χ1n) is 6.87. The minimum Gasteiger partial charge on any atom is -0.364 e. The van der Waals surface area contributed by atoms with Gasteiger partial charge in [-0.25, -0.2) is 0 Å². The largest absolute Gasteiger partial charge is 0.364 e. The van der Waals surface area contributed by atoms with Crippen molar-refractivity contribution in [2.24, 2.45) is 0 Å². The molecule has 1 N–H and O–H groups in total. The van der Waals surface area contributed by atoms with Gasteiger partial charge in [-0.05, 0) is 52.2 Å². The number of piperidine rings is 1. The number of aromatic nitrogens is 2.